The lowest BCUT2D eigenvalue weighted by atomic mass is 10.1. The number of carbonyl (C=O) groups is 2. The molecule has 0 aromatic carbocycles. The molecule has 3 aromatic rings. The first-order valence-electron chi connectivity index (χ1n) is 11.4. The van der Waals surface area contributed by atoms with Crippen LogP contribution in [0.3, 0.4) is 0 Å². The number of pyridine rings is 2. The molecule has 33 heavy (non-hydrogen) atoms. The summed E-state index contributed by atoms with van der Waals surface area (Å²) in [4.78, 5) is 47.9. The molecule has 4 heterocycles. The monoisotopic (exact) mass is 452 g/mol. The lowest BCUT2D eigenvalue weighted by Crippen LogP contribution is -2.35. The molecule has 1 aliphatic heterocycles. The number of rotatable bonds is 7. The van der Waals surface area contributed by atoms with Crippen molar-refractivity contribution in [2.45, 2.75) is 58.6 Å². The number of fused-ring (bicyclic) bond motifs is 2. The number of nitrogens with zero attached hydrogens (tertiary/aromatic N) is 4. The Morgan fingerprint density at radius 1 is 1.30 bits per heavy atom. The van der Waals surface area contributed by atoms with Crippen LogP contribution in [0.1, 0.15) is 56.3 Å². The Hall–Kier alpha value is -3.33. The number of hydrogen-bond donors (Lipinski definition) is 0. The van der Waals surface area contributed by atoms with E-state index in [0.717, 1.165) is 19.3 Å². The van der Waals surface area contributed by atoms with Gasteiger partial charge in [0.2, 0.25) is 5.91 Å². The van der Waals surface area contributed by atoms with Gasteiger partial charge in [-0.25, -0.2) is 9.78 Å². The van der Waals surface area contributed by atoms with Crippen molar-refractivity contribution in [1.29, 1.82) is 0 Å². The van der Waals surface area contributed by atoms with Crippen molar-refractivity contribution in [3.8, 4) is 0 Å². The van der Waals surface area contributed by atoms with Gasteiger partial charge in [0.1, 0.15) is 16.9 Å². The topological polar surface area (TPSA) is 104 Å². The van der Waals surface area contributed by atoms with Crippen molar-refractivity contribution >= 4 is 28.6 Å². The van der Waals surface area contributed by atoms with Crippen molar-refractivity contribution < 1.29 is 19.1 Å². The first-order chi connectivity index (χ1) is 16.0. The molecule has 0 spiro atoms. The smallest absolute Gasteiger partial charge is 0.341 e. The number of esters is 1. The highest BCUT2D eigenvalue weighted by atomic mass is 16.5. The van der Waals surface area contributed by atoms with Gasteiger partial charge < -0.3 is 14.0 Å². The summed E-state index contributed by atoms with van der Waals surface area (Å²) in [6.45, 7) is 4.81. The van der Waals surface area contributed by atoms with Crippen LogP contribution in [-0.2, 0) is 20.8 Å². The maximum atomic E-state index is 13.3. The van der Waals surface area contributed by atoms with Crippen LogP contribution in [0.4, 0.5) is 0 Å². The van der Waals surface area contributed by atoms with Crippen LogP contribution < -0.4 is 11.0 Å². The maximum Gasteiger partial charge on any atom is 0.341 e. The number of ether oxygens (including phenoxy) is 2. The van der Waals surface area contributed by atoms with E-state index in [4.69, 9.17) is 14.5 Å². The van der Waals surface area contributed by atoms with Crippen molar-refractivity contribution in [2.75, 3.05) is 13.2 Å². The summed E-state index contributed by atoms with van der Waals surface area (Å²) in [5.74, 6) is -0.972. The van der Waals surface area contributed by atoms with E-state index in [2.05, 4.69) is 4.99 Å². The second kappa shape index (κ2) is 10.1. The van der Waals surface area contributed by atoms with Crippen LogP contribution in [0.5, 0.6) is 0 Å². The van der Waals surface area contributed by atoms with Crippen LogP contribution in [0.15, 0.2) is 40.2 Å². The van der Waals surface area contributed by atoms with Gasteiger partial charge in [-0.2, -0.15) is 4.99 Å². The fourth-order valence-electron chi connectivity index (χ4n) is 4.02. The average Bonchev–Trinajstić information content (AvgIpc) is 3.33. The Labute approximate surface area is 190 Å². The molecule has 3 aromatic heterocycles. The number of aromatic nitrogens is 3. The van der Waals surface area contributed by atoms with Gasteiger partial charge in [-0.15, -0.1) is 0 Å². The van der Waals surface area contributed by atoms with Gasteiger partial charge in [0.15, 0.2) is 5.49 Å². The van der Waals surface area contributed by atoms with E-state index < -0.39 is 5.97 Å². The molecule has 0 saturated carbocycles. The second-order valence-corrected chi connectivity index (χ2v) is 8.04. The Morgan fingerprint density at radius 2 is 2.15 bits per heavy atom. The molecule has 1 amide bonds. The van der Waals surface area contributed by atoms with E-state index in [-0.39, 0.29) is 47.0 Å². The molecule has 0 unspecified atom stereocenters. The van der Waals surface area contributed by atoms with Crippen molar-refractivity contribution in [3.05, 3.63) is 51.9 Å². The first-order valence-corrected chi connectivity index (χ1v) is 11.4. The molecule has 0 aliphatic carbocycles. The van der Waals surface area contributed by atoms with E-state index >= 15 is 0 Å². The van der Waals surface area contributed by atoms with Gasteiger partial charge in [-0.05, 0) is 44.4 Å². The second-order valence-electron chi connectivity index (χ2n) is 8.04. The highest BCUT2D eigenvalue weighted by Crippen LogP contribution is 2.17. The van der Waals surface area contributed by atoms with Gasteiger partial charge in [0, 0.05) is 19.2 Å². The van der Waals surface area contributed by atoms with Crippen LogP contribution in [0.2, 0.25) is 0 Å². The predicted molar refractivity (Wildman–Crippen MR) is 122 cm³/mol. The van der Waals surface area contributed by atoms with E-state index in [9.17, 15) is 14.4 Å². The molecule has 1 aliphatic rings. The van der Waals surface area contributed by atoms with Gasteiger partial charge in [0.25, 0.3) is 5.56 Å². The molecule has 0 radical (unpaired) electrons. The molecule has 9 heteroatoms. The number of amides is 1. The zero-order valence-corrected chi connectivity index (χ0v) is 19.0. The van der Waals surface area contributed by atoms with Crippen molar-refractivity contribution in [1.82, 2.24) is 14.0 Å². The van der Waals surface area contributed by atoms with Gasteiger partial charge in [-0.3, -0.25) is 14.0 Å². The minimum absolute atomic E-state index is 0.0713. The lowest BCUT2D eigenvalue weighted by molar-refractivity contribution is -0.118. The van der Waals surface area contributed by atoms with Crippen LogP contribution in [0, 0.1) is 0 Å². The third-order valence-corrected chi connectivity index (χ3v) is 5.67. The standard InChI is InChI=1S/C24H28N4O5/c1-3-5-11-20(29)26-22-18(24(31)32-4-2)14-17-21(28(22)15-16-9-8-13-33-16)25-19-10-6-7-12-27(19)23(17)30/h6-7,10,12,14,16H,3-5,8-9,11,13,15H2,1-2H3/t16-/m0/s1. The molecule has 174 valence electrons. The van der Waals surface area contributed by atoms with E-state index in [1.807, 2.05) is 6.92 Å². The Kier molecular flexibility index (Phi) is 6.98. The third-order valence-electron chi connectivity index (χ3n) is 5.67. The van der Waals surface area contributed by atoms with Crippen LogP contribution >= 0.6 is 0 Å². The van der Waals surface area contributed by atoms with E-state index in [0.29, 0.717) is 30.9 Å². The zero-order valence-electron chi connectivity index (χ0n) is 19.0. The summed E-state index contributed by atoms with van der Waals surface area (Å²) in [6, 6.07) is 6.72. The summed E-state index contributed by atoms with van der Waals surface area (Å²) in [6.07, 6.45) is 5.06. The first kappa shape index (κ1) is 22.8. The quantitative estimate of drug-likeness (QED) is 0.403. The van der Waals surface area contributed by atoms with Gasteiger partial charge >= 0.3 is 5.97 Å². The molecular weight excluding hydrogens is 424 g/mol. The van der Waals surface area contributed by atoms with Crippen LogP contribution in [0.25, 0.3) is 16.7 Å². The molecule has 0 bridgehead atoms. The summed E-state index contributed by atoms with van der Waals surface area (Å²) < 4.78 is 14.2. The fourth-order valence-corrected chi connectivity index (χ4v) is 4.02. The molecule has 4 rings (SSSR count). The Balaban J connectivity index is 2.06. The zero-order chi connectivity index (χ0) is 23.4. The van der Waals surface area contributed by atoms with E-state index in [1.165, 1.54) is 10.5 Å². The Bertz CT molecular complexity index is 1320. The fraction of sp³-hybridized carbons (Fsp3) is 0.458. The lowest BCUT2D eigenvalue weighted by Gasteiger charge is -2.18. The molecule has 1 saturated heterocycles. The van der Waals surface area contributed by atoms with Crippen LogP contribution in [-0.4, -0.2) is 45.1 Å². The molecular formula is C24H28N4O5. The SMILES string of the molecule is CCCCC(=O)N=c1c(C(=O)OCC)cc2c(=O)n3ccccc3nc2n1C[C@@H]1CCCO1. The molecule has 1 fully saturated rings. The predicted octanol–water partition coefficient (Wildman–Crippen LogP) is 2.62. The van der Waals surface area contributed by atoms with E-state index in [1.54, 1.807) is 35.9 Å². The normalized spacial score (nSPS) is 16.5. The number of unbranched alkanes of at least 4 members (excludes halogenated alkanes) is 1. The average molecular weight is 453 g/mol. The largest absolute Gasteiger partial charge is 0.462 e. The Morgan fingerprint density at radius 3 is 2.88 bits per heavy atom. The maximum absolute atomic E-state index is 13.3. The molecule has 9 nitrogen and oxygen atoms in total. The highest BCUT2D eigenvalue weighted by molar-refractivity contribution is 5.93. The molecule has 1 atom stereocenters. The summed E-state index contributed by atoms with van der Waals surface area (Å²) >= 11 is 0. The minimum Gasteiger partial charge on any atom is -0.462 e. The number of hydrogen-bond acceptors (Lipinski definition) is 6. The van der Waals surface area contributed by atoms with Crippen molar-refractivity contribution in [2.24, 2.45) is 4.99 Å². The minimum atomic E-state index is -0.639. The summed E-state index contributed by atoms with van der Waals surface area (Å²) in [5, 5.41) is 0.250. The summed E-state index contributed by atoms with van der Waals surface area (Å²) in [7, 11) is 0. The number of carbonyl (C=O) groups excluding carboxylic acids is 2. The highest BCUT2D eigenvalue weighted by Gasteiger charge is 2.23. The van der Waals surface area contributed by atoms with Gasteiger partial charge in [0.05, 0.1) is 24.6 Å². The third kappa shape index (κ3) is 4.73. The van der Waals surface area contributed by atoms with Crippen molar-refractivity contribution in [3.63, 3.8) is 0 Å². The summed E-state index contributed by atoms with van der Waals surface area (Å²) in [5.41, 5.74) is 0.734. The van der Waals surface area contributed by atoms with Gasteiger partial charge in [-0.1, -0.05) is 19.4 Å². The molecule has 0 N–H and O–H groups in total.